The van der Waals surface area contributed by atoms with Gasteiger partial charge in [-0.25, -0.2) is 8.42 Å². The van der Waals surface area contributed by atoms with Gasteiger partial charge in [0.25, 0.3) is 0 Å². The summed E-state index contributed by atoms with van der Waals surface area (Å²) in [5, 5.41) is 3.17. The van der Waals surface area contributed by atoms with Crippen LogP contribution in [0.15, 0.2) is 53.4 Å². The minimum absolute atomic E-state index is 0.0134. The van der Waals surface area contributed by atoms with E-state index in [9.17, 15) is 13.2 Å². The van der Waals surface area contributed by atoms with Crippen LogP contribution in [0.3, 0.4) is 0 Å². The number of amides is 1. The highest BCUT2D eigenvalue weighted by atomic mass is 32.2. The number of nitrogens with one attached hydrogen (secondary N) is 1. The molecule has 2 fully saturated rings. The van der Waals surface area contributed by atoms with Gasteiger partial charge in [-0.15, -0.1) is 0 Å². The van der Waals surface area contributed by atoms with Crippen molar-refractivity contribution in [1.82, 2.24) is 14.5 Å². The lowest BCUT2D eigenvalue weighted by Crippen LogP contribution is -2.44. The number of piperidine rings is 1. The highest BCUT2D eigenvalue weighted by Crippen LogP contribution is 2.28. The molecule has 2 saturated heterocycles. The van der Waals surface area contributed by atoms with Gasteiger partial charge in [0.1, 0.15) is 5.75 Å². The van der Waals surface area contributed by atoms with Gasteiger partial charge in [-0.05, 0) is 75.5 Å². The minimum Gasteiger partial charge on any atom is -0.497 e. The van der Waals surface area contributed by atoms with Gasteiger partial charge in [0.05, 0.1) is 18.0 Å². The van der Waals surface area contributed by atoms with E-state index in [1.165, 1.54) is 17.1 Å². The monoisotopic (exact) mass is 485 g/mol. The molecule has 0 spiro atoms. The number of carbonyl (C=O) groups excluding carboxylic acids is 1. The normalized spacial score (nSPS) is 19.1. The maximum atomic E-state index is 13.0. The third-order valence-corrected chi connectivity index (χ3v) is 8.93. The van der Waals surface area contributed by atoms with Crippen LogP contribution in [0.1, 0.15) is 42.9 Å². The van der Waals surface area contributed by atoms with Crippen LogP contribution in [0.2, 0.25) is 0 Å². The fourth-order valence-corrected chi connectivity index (χ4v) is 6.39. The number of carbonyl (C=O) groups is 1. The molecule has 1 N–H and O–H groups in total. The van der Waals surface area contributed by atoms with E-state index in [4.69, 9.17) is 4.74 Å². The number of likely N-dealkylation sites (tertiary alicyclic amines) is 1. The van der Waals surface area contributed by atoms with E-state index in [2.05, 4.69) is 16.3 Å². The van der Waals surface area contributed by atoms with Gasteiger partial charge >= 0.3 is 0 Å². The molecule has 34 heavy (non-hydrogen) atoms. The molecule has 0 bridgehead atoms. The molecule has 7 nitrogen and oxygen atoms in total. The summed E-state index contributed by atoms with van der Waals surface area (Å²) in [6.07, 6.45) is 3.40. The van der Waals surface area contributed by atoms with E-state index in [-0.39, 0.29) is 17.9 Å². The summed E-state index contributed by atoms with van der Waals surface area (Å²) in [5.74, 6) is 0.656. The molecular formula is C26H35N3O4S. The van der Waals surface area contributed by atoms with Crippen LogP contribution in [-0.4, -0.2) is 63.4 Å². The zero-order valence-electron chi connectivity index (χ0n) is 20.1. The van der Waals surface area contributed by atoms with Gasteiger partial charge in [-0.1, -0.05) is 29.8 Å². The maximum absolute atomic E-state index is 13.0. The molecular weight excluding hydrogens is 450 g/mol. The number of sulfonamides is 1. The topological polar surface area (TPSA) is 79.0 Å². The average Bonchev–Trinajstić information content (AvgIpc) is 3.39. The Morgan fingerprint density at radius 1 is 1.06 bits per heavy atom. The van der Waals surface area contributed by atoms with E-state index < -0.39 is 10.0 Å². The molecule has 1 amide bonds. The number of ether oxygens (including phenoxy) is 1. The molecule has 2 aromatic carbocycles. The second-order valence-corrected chi connectivity index (χ2v) is 11.2. The molecule has 0 unspecified atom stereocenters. The molecule has 2 aromatic rings. The quantitative estimate of drug-likeness (QED) is 0.620. The highest BCUT2D eigenvalue weighted by molar-refractivity contribution is 7.89. The van der Waals surface area contributed by atoms with Crippen molar-refractivity contribution in [3.63, 3.8) is 0 Å². The smallest absolute Gasteiger partial charge is 0.243 e. The van der Waals surface area contributed by atoms with Crippen molar-refractivity contribution >= 4 is 15.9 Å². The van der Waals surface area contributed by atoms with E-state index >= 15 is 0 Å². The summed E-state index contributed by atoms with van der Waals surface area (Å²) in [5.41, 5.74) is 2.16. The number of nitrogens with zero attached hydrogens (tertiary/aromatic N) is 2. The van der Waals surface area contributed by atoms with E-state index in [0.29, 0.717) is 37.4 Å². The molecule has 2 heterocycles. The van der Waals surface area contributed by atoms with Crippen LogP contribution in [0.25, 0.3) is 0 Å². The molecule has 0 saturated carbocycles. The summed E-state index contributed by atoms with van der Waals surface area (Å²) in [7, 11) is -1.86. The number of aryl methyl sites for hydroxylation is 1. The summed E-state index contributed by atoms with van der Waals surface area (Å²) in [4.78, 5) is 15.7. The van der Waals surface area contributed by atoms with Gasteiger partial charge in [0.2, 0.25) is 15.9 Å². The molecule has 8 heteroatoms. The van der Waals surface area contributed by atoms with Gasteiger partial charge < -0.3 is 10.1 Å². The highest BCUT2D eigenvalue weighted by Gasteiger charge is 2.33. The average molecular weight is 486 g/mol. The predicted molar refractivity (Wildman–Crippen MR) is 132 cm³/mol. The zero-order valence-corrected chi connectivity index (χ0v) is 20.9. The van der Waals surface area contributed by atoms with Crippen LogP contribution in [0, 0.1) is 12.8 Å². The SMILES string of the molecule is COc1cccc([C@@H](CNC(=O)C2CCN(S(=O)(=O)c3ccc(C)cc3)CC2)N2CCCC2)c1. The first kappa shape index (κ1) is 24.7. The molecule has 0 aromatic heterocycles. The Hall–Kier alpha value is -2.42. The number of rotatable bonds is 8. The second kappa shape index (κ2) is 10.9. The summed E-state index contributed by atoms with van der Waals surface area (Å²) >= 11 is 0. The summed E-state index contributed by atoms with van der Waals surface area (Å²) < 4.78 is 32.8. The molecule has 2 aliphatic rings. The zero-order chi connectivity index (χ0) is 24.1. The Morgan fingerprint density at radius 2 is 1.74 bits per heavy atom. The Kier molecular flexibility index (Phi) is 7.91. The molecule has 184 valence electrons. The summed E-state index contributed by atoms with van der Waals surface area (Å²) in [6, 6.07) is 15.1. The fraction of sp³-hybridized carbons (Fsp3) is 0.500. The Balaban J connectivity index is 1.35. The second-order valence-electron chi connectivity index (χ2n) is 9.27. The maximum Gasteiger partial charge on any atom is 0.243 e. The molecule has 1 atom stereocenters. The van der Waals surface area contributed by atoms with Crippen molar-refractivity contribution < 1.29 is 17.9 Å². The van der Waals surface area contributed by atoms with Crippen LogP contribution < -0.4 is 10.1 Å². The van der Waals surface area contributed by atoms with Gasteiger partial charge in [-0.2, -0.15) is 4.31 Å². The van der Waals surface area contributed by atoms with Crippen LogP contribution in [0.5, 0.6) is 5.75 Å². The molecule has 4 rings (SSSR count). The molecule has 2 aliphatic heterocycles. The van der Waals surface area contributed by atoms with Crippen molar-refractivity contribution in [3.8, 4) is 5.75 Å². The van der Waals surface area contributed by atoms with Crippen LogP contribution in [-0.2, 0) is 14.8 Å². The molecule has 0 radical (unpaired) electrons. The van der Waals surface area contributed by atoms with E-state index in [0.717, 1.165) is 30.0 Å². The minimum atomic E-state index is -3.52. The number of hydrogen-bond acceptors (Lipinski definition) is 5. The Bertz CT molecular complexity index is 1070. The van der Waals surface area contributed by atoms with Gasteiger partial charge in [0, 0.05) is 25.6 Å². The van der Waals surface area contributed by atoms with Crippen LogP contribution in [0.4, 0.5) is 0 Å². The van der Waals surface area contributed by atoms with Crippen molar-refractivity contribution in [1.29, 1.82) is 0 Å². The lowest BCUT2D eigenvalue weighted by atomic mass is 9.97. The van der Waals surface area contributed by atoms with Crippen molar-refractivity contribution in [3.05, 3.63) is 59.7 Å². The first-order chi connectivity index (χ1) is 16.4. The fourth-order valence-electron chi connectivity index (χ4n) is 4.92. The Labute approximate surface area is 203 Å². The van der Waals surface area contributed by atoms with Crippen LogP contribution >= 0.6 is 0 Å². The third-order valence-electron chi connectivity index (χ3n) is 7.01. The van der Waals surface area contributed by atoms with Gasteiger partial charge in [-0.3, -0.25) is 9.69 Å². The molecule has 0 aliphatic carbocycles. The third kappa shape index (κ3) is 5.62. The number of hydrogen-bond donors (Lipinski definition) is 1. The largest absolute Gasteiger partial charge is 0.497 e. The first-order valence-corrected chi connectivity index (χ1v) is 13.5. The van der Waals surface area contributed by atoms with Crippen molar-refractivity contribution in [2.45, 2.75) is 43.5 Å². The lowest BCUT2D eigenvalue weighted by Gasteiger charge is -2.32. The van der Waals surface area contributed by atoms with E-state index in [1.54, 1.807) is 19.2 Å². The summed E-state index contributed by atoms with van der Waals surface area (Å²) in [6.45, 7) is 5.23. The number of methoxy groups -OCH3 is 1. The van der Waals surface area contributed by atoms with Gasteiger partial charge in [0.15, 0.2) is 0 Å². The van der Waals surface area contributed by atoms with Crippen molar-refractivity contribution in [2.75, 3.05) is 39.8 Å². The number of benzene rings is 2. The lowest BCUT2D eigenvalue weighted by molar-refractivity contribution is -0.126. The standard InChI is InChI=1S/C26H35N3O4S/c1-20-8-10-24(11-9-20)34(31,32)29-16-12-21(13-17-29)26(30)27-19-25(28-14-3-4-15-28)22-6-5-7-23(18-22)33-2/h5-11,18,21,25H,3-4,12-17,19H2,1-2H3,(H,27,30)/t25-/m1/s1. The first-order valence-electron chi connectivity index (χ1n) is 12.1. The predicted octanol–water partition coefficient (Wildman–Crippen LogP) is 3.36. The van der Waals surface area contributed by atoms with E-state index in [1.807, 2.05) is 37.3 Å². The van der Waals surface area contributed by atoms with Crippen molar-refractivity contribution in [2.24, 2.45) is 5.92 Å². The Morgan fingerprint density at radius 3 is 2.38 bits per heavy atom.